The van der Waals surface area contributed by atoms with Gasteiger partial charge in [0.1, 0.15) is 5.69 Å². The monoisotopic (exact) mass is 289 g/mol. The zero-order chi connectivity index (χ0) is 13.8. The highest BCUT2D eigenvalue weighted by atomic mass is 32.1. The van der Waals surface area contributed by atoms with E-state index in [0.717, 1.165) is 31.9 Å². The molecule has 1 N–H and O–H groups in total. The summed E-state index contributed by atoms with van der Waals surface area (Å²) in [6.07, 6.45) is 5.46. The van der Waals surface area contributed by atoms with Gasteiger partial charge in [0, 0.05) is 36.9 Å². The number of carbonyl (C=O) groups excluding carboxylic acids is 1. The van der Waals surface area contributed by atoms with Gasteiger partial charge in [0.05, 0.1) is 5.51 Å². The molecule has 1 aliphatic rings. The van der Waals surface area contributed by atoms with E-state index in [2.05, 4.69) is 25.2 Å². The lowest BCUT2D eigenvalue weighted by Crippen LogP contribution is -2.48. The molecule has 0 aromatic carbocycles. The fraction of sp³-hybridized carbons (Fsp3) is 0.385. The van der Waals surface area contributed by atoms with Gasteiger partial charge < -0.3 is 10.2 Å². The molecule has 1 amide bonds. The zero-order valence-corrected chi connectivity index (χ0v) is 11.7. The second kappa shape index (κ2) is 5.96. The first-order valence-corrected chi connectivity index (χ1v) is 7.48. The van der Waals surface area contributed by atoms with Gasteiger partial charge >= 0.3 is 0 Å². The molecule has 20 heavy (non-hydrogen) atoms. The number of aromatic nitrogens is 3. The summed E-state index contributed by atoms with van der Waals surface area (Å²) in [4.78, 5) is 26.6. The van der Waals surface area contributed by atoms with Crippen LogP contribution in [0.1, 0.15) is 23.3 Å². The van der Waals surface area contributed by atoms with Crippen LogP contribution in [-0.2, 0) is 0 Å². The van der Waals surface area contributed by atoms with Gasteiger partial charge in [-0.25, -0.2) is 15.0 Å². The number of anilines is 1. The largest absolute Gasteiger partial charge is 0.346 e. The van der Waals surface area contributed by atoms with Crippen LogP contribution < -0.4 is 10.2 Å². The van der Waals surface area contributed by atoms with Crippen molar-refractivity contribution in [1.29, 1.82) is 0 Å². The van der Waals surface area contributed by atoms with Crippen LogP contribution in [0.2, 0.25) is 0 Å². The van der Waals surface area contributed by atoms with E-state index in [4.69, 9.17) is 0 Å². The van der Waals surface area contributed by atoms with E-state index in [9.17, 15) is 4.79 Å². The molecule has 0 spiro atoms. The average Bonchev–Trinajstić information content (AvgIpc) is 3.03. The maximum absolute atomic E-state index is 12.0. The Morgan fingerprint density at radius 3 is 2.95 bits per heavy atom. The first kappa shape index (κ1) is 13.0. The quantitative estimate of drug-likeness (QED) is 0.923. The maximum Gasteiger partial charge on any atom is 0.271 e. The number of carbonyl (C=O) groups is 1. The molecular formula is C13H15N5OS. The molecule has 2 aromatic rings. The van der Waals surface area contributed by atoms with Crippen molar-refractivity contribution in [3.05, 3.63) is 35.0 Å². The van der Waals surface area contributed by atoms with Crippen molar-refractivity contribution in [2.24, 2.45) is 0 Å². The van der Waals surface area contributed by atoms with Crippen LogP contribution in [-0.4, -0.2) is 40.0 Å². The van der Waals surface area contributed by atoms with Crippen LogP contribution in [0, 0.1) is 0 Å². The van der Waals surface area contributed by atoms with E-state index >= 15 is 0 Å². The fourth-order valence-corrected chi connectivity index (χ4v) is 2.85. The minimum absolute atomic E-state index is 0.105. The van der Waals surface area contributed by atoms with Crippen LogP contribution in [0.3, 0.4) is 0 Å². The molecule has 7 heteroatoms. The minimum Gasteiger partial charge on any atom is -0.346 e. The number of rotatable bonds is 3. The Morgan fingerprint density at radius 1 is 1.35 bits per heavy atom. The summed E-state index contributed by atoms with van der Waals surface area (Å²) < 4.78 is 0. The predicted molar refractivity (Wildman–Crippen MR) is 76.8 cm³/mol. The number of hydrogen-bond acceptors (Lipinski definition) is 6. The summed E-state index contributed by atoms with van der Waals surface area (Å²) in [5.41, 5.74) is 2.16. The van der Waals surface area contributed by atoms with Crippen molar-refractivity contribution < 1.29 is 4.79 Å². The van der Waals surface area contributed by atoms with Crippen LogP contribution in [0.4, 0.5) is 5.95 Å². The van der Waals surface area contributed by atoms with Crippen LogP contribution in [0.15, 0.2) is 29.4 Å². The molecule has 2 aromatic heterocycles. The second-order valence-electron chi connectivity index (χ2n) is 4.68. The lowest BCUT2D eigenvalue weighted by Gasteiger charge is -2.32. The summed E-state index contributed by atoms with van der Waals surface area (Å²) in [6, 6.07) is 1.91. The van der Waals surface area contributed by atoms with Gasteiger partial charge in [-0.15, -0.1) is 11.3 Å². The van der Waals surface area contributed by atoms with Crippen molar-refractivity contribution in [2.75, 3.05) is 18.0 Å². The van der Waals surface area contributed by atoms with E-state index < -0.39 is 0 Å². The van der Waals surface area contributed by atoms with Crippen molar-refractivity contribution >= 4 is 23.2 Å². The number of nitrogens with one attached hydrogen (secondary N) is 1. The molecule has 0 radical (unpaired) electrons. The van der Waals surface area contributed by atoms with Crippen molar-refractivity contribution in [3.8, 4) is 0 Å². The molecule has 0 bridgehead atoms. The third kappa shape index (κ3) is 2.93. The van der Waals surface area contributed by atoms with E-state index in [0.29, 0.717) is 5.69 Å². The Hall–Kier alpha value is -2.02. The summed E-state index contributed by atoms with van der Waals surface area (Å²) >= 11 is 1.42. The Labute approximate surface area is 120 Å². The number of hydrogen-bond donors (Lipinski definition) is 1. The van der Waals surface area contributed by atoms with E-state index in [-0.39, 0.29) is 11.9 Å². The Bertz CT molecular complexity index is 559. The molecule has 1 atom stereocenters. The fourth-order valence-electron chi connectivity index (χ4n) is 2.32. The first-order chi connectivity index (χ1) is 9.83. The average molecular weight is 289 g/mol. The zero-order valence-electron chi connectivity index (χ0n) is 10.9. The highest BCUT2D eigenvalue weighted by Gasteiger charge is 2.23. The van der Waals surface area contributed by atoms with Gasteiger partial charge in [-0.05, 0) is 18.9 Å². The van der Waals surface area contributed by atoms with Gasteiger partial charge in [0.2, 0.25) is 5.95 Å². The van der Waals surface area contributed by atoms with Crippen LogP contribution >= 0.6 is 11.3 Å². The molecule has 3 rings (SSSR count). The molecule has 0 saturated carbocycles. The SMILES string of the molecule is O=C(NC1CCCN(c2ncccn2)C1)c1cscn1. The molecular weight excluding hydrogens is 274 g/mol. The molecule has 0 aliphatic carbocycles. The van der Waals surface area contributed by atoms with Crippen molar-refractivity contribution in [2.45, 2.75) is 18.9 Å². The predicted octanol–water partition coefficient (Wildman–Crippen LogP) is 1.33. The molecule has 1 fully saturated rings. The Kier molecular flexibility index (Phi) is 3.87. The number of nitrogens with zero attached hydrogens (tertiary/aromatic N) is 4. The van der Waals surface area contributed by atoms with Crippen LogP contribution in [0.25, 0.3) is 0 Å². The standard InChI is InChI=1S/C13H15N5OS/c19-12(11-8-20-9-16-11)17-10-3-1-6-18(7-10)13-14-4-2-5-15-13/h2,4-5,8-10H,1,3,6-7H2,(H,17,19). The summed E-state index contributed by atoms with van der Waals surface area (Å²) in [5.74, 6) is 0.618. The molecule has 1 aliphatic heterocycles. The van der Waals surface area contributed by atoms with Crippen LogP contribution in [0.5, 0.6) is 0 Å². The van der Waals surface area contributed by atoms with E-state index in [1.165, 1.54) is 11.3 Å². The van der Waals surface area contributed by atoms with Gasteiger partial charge in [-0.2, -0.15) is 0 Å². The number of thiazole rings is 1. The minimum atomic E-state index is -0.105. The van der Waals surface area contributed by atoms with Gasteiger partial charge in [0.25, 0.3) is 5.91 Å². The summed E-state index contributed by atoms with van der Waals surface area (Å²) in [5, 5.41) is 4.79. The lowest BCUT2D eigenvalue weighted by molar-refractivity contribution is 0.0928. The van der Waals surface area contributed by atoms with Gasteiger partial charge in [0.15, 0.2) is 0 Å². The lowest BCUT2D eigenvalue weighted by atomic mass is 10.1. The molecule has 1 unspecified atom stereocenters. The highest BCUT2D eigenvalue weighted by molar-refractivity contribution is 7.07. The Morgan fingerprint density at radius 2 is 2.20 bits per heavy atom. The molecule has 1 saturated heterocycles. The summed E-state index contributed by atoms with van der Waals surface area (Å²) in [6.45, 7) is 1.66. The van der Waals surface area contributed by atoms with E-state index in [1.54, 1.807) is 29.4 Å². The molecule has 3 heterocycles. The number of amides is 1. The van der Waals surface area contributed by atoms with Gasteiger partial charge in [-0.1, -0.05) is 0 Å². The van der Waals surface area contributed by atoms with Crippen molar-refractivity contribution in [3.63, 3.8) is 0 Å². The third-order valence-electron chi connectivity index (χ3n) is 3.26. The third-order valence-corrected chi connectivity index (χ3v) is 3.84. The highest BCUT2D eigenvalue weighted by Crippen LogP contribution is 2.15. The second-order valence-corrected chi connectivity index (χ2v) is 5.40. The maximum atomic E-state index is 12.0. The van der Waals surface area contributed by atoms with Crippen molar-refractivity contribution in [1.82, 2.24) is 20.3 Å². The molecule has 104 valence electrons. The summed E-state index contributed by atoms with van der Waals surface area (Å²) in [7, 11) is 0. The normalized spacial score (nSPS) is 18.8. The smallest absolute Gasteiger partial charge is 0.271 e. The molecule has 6 nitrogen and oxygen atoms in total. The topological polar surface area (TPSA) is 71.0 Å². The van der Waals surface area contributed by atoms with Gasteiger partial charge in [-0.3, -0.25) is 4.79 Å². The number of piperidine rings is 1. The first-order valence-electron chi connectivity index (χ1n) is 6.54. The Balaban J connectivity index is 1.62. The van der Waals surface area contributed by atoms with E-state index in [1.807, 2.05) is 0 Å².